The molecule has 0 spiro atoms. The van der Waals surface area contributed by atoms with Gasteiger partial charge in [-0.1, -0.05) is 0 Å². The summed E-state index contributed by atoms with van der Waals surface area (Å²) in [4.78, 5) is 35.3. The Morgan fingerprint density at radius 1 is 1.11 bits per heavy atom. The minimum absolute atomic E-state index is 0.0220. The highest BCUT2D eigenvalue weighted by Crippen LogP contribution is 2.46. The number of ether oxygens (including phenoxy) is 1. The van der Waals surface area contributed by atoms with Crippen LogP contribution in [-0.2, 0) is 10.3 Å². The van der Waals surface area contributed by atoms with Crippen molar-refractivity contribution in [2.75, 3.05) is 50.5 Å². The Kier molecular flexibility index (Phi) is 6.85. The number of hydrogen-bond donors (Lipinski definition) is 2. The van der Waals surface area contributed by atoms with E-state index in [-0.39, 0.29) is 11.8 Å². The summed E-state index contributed by atoms with van der Waals surface area (Å²) in [5.74, 6) is 0.205. The number of piperazine rings is 1. The van der Waals surface area contributed by atoms with E-state index >= 15 is 0 Å². The number of pyridine rings is 1. The lowest BCUT2D eigenvalue weighted by atomic mass is 9.83. The molecule has 0 radical (unpaired) electrons. The van der Waals surface area contributed by atoms with Crippen molar-refractivity contribution < 1.29 is 14.3 Å². The minimum atomic E-state index is -1.25. The van der Waals surface area contributed by atoms with Gasteiger partial charge in [-0.2, -0.15) is 0 Å². The highest BCUT2D eigenvalue weighted by atomic mass is 127. The molecule has 1 unspecified atom stereocenters. The first-order valence-corrected chi connectivity index (χ1v) is 13.1. The Morgan fingerprint density at radius 3 is 2.58 bits per heavy atom. The van der Waals surface area contributed by atoms with Crippen LogP contribution in [0.5, 0.6) is 5.88 Å². The molecule has 1 saturated heterocycles. The van der Waals surface area contributed by atoms with Crippen molar-refractivity contribution in [1.82, 2.24) is 14.8 Å². The van der Waals surface area contributed by atoms with E-state index in [4.69, 9.17) is 4.74 Å². The van der Waals surface area contributed by atoms with Crippen LogP contribution in [0.3, 0.4) is 0 Å². The molecule has 9 heteroatoms. The van der Waals surface area contributed by atoms with Crippen LogP contribution >= 0.6 is 22.6 Å². The maximum atomic E-state index is 13.7. The normalized spacial score (nSPS) is 19.5. The van der Waals surface area contributed by atoms with Crippen LogP contribution in [0.2, 0.25) is 0 Å². The molecule has 0 aliphatic carbocycles. The molecule has 186 valence electrons. The molecule has 0 saturated carbocycles. The first kappa shape index (κ1) is 24.5. The van der Waals surface area contributed by atoms with E-state index in [0.717, 1.165) is 41.0 Å². The molecule has 3 heterocycles. The van der Waals surface area contributed by atoms with Gasteiger partial charge in [-0.05, 0) is 91.2 Å². The molecule has 2 aromatic carbocycles. The maximum absolute atomic E-state index is 13.7. The summed E-state index contributed by atoms with van der Waals surface area (Å²) in [6, 6.07) is 16.9. The third-order valence-corrected chi connectivity index (χ3v) is 7.36. The van der Waals surface area contributed by atoms with Crippen LogP contribution in [0.25, 0.3) is 0 Å². The summed E-state index contributed by atoms with van der Waals surface area (Å²) in [5, 5.41) is 6.51. The smallest absolute Gasteiger partial charge is 0.259 e. The number of aromatic nitrogens is 1. The quantitative estimate of drug-likeness (QED) is 0.421. The number of rotatable bonds is 6. The molecule has 1 aromatic heterocycles. The molecular formula is C27H28IN5O3. The number of benzene rings is 2. The molecule has 2 aliphatic heterocycles. The largest absolute Gasteiger partial charge is 0.478 e. The Hall–Kier alpha value is -3.18. The van der Waals surface area contributed by atoms with Gasteiger partial charge in [0.1, 0.15) is 0 Å². The molecule has 3 aromatic rings. The van der Waals surface area contributed by atoms with E-state index in [0.29, 0.717) is 29.3 Å². The molecule has 2 amide bonds. The Balaban J connectivity index is 1.53. The predicted octanol–water partition coefficient (Wildman–Crippen LogP) is 3.78. The van der Waals surface area contributed by atoms with Crippen molar-refractivity contribution in [2.45, 2.75) is 12.5 Å². The lowest BCUT2D eigenvalue weighted by Crippen LogP contribution is -2.47. The Bertz CT molecular complexity index is 1290. The predicted molar refractivity (Wildman–Crippen MR) is 147 cm³/mol. The second-order valence-corrected chi connectivity index (χ2v) is 10.2. The van der Waals surface area contributed by atoms with E-state index in [9.17, 15) is 9.59 Å². The van der Waals surface area contributed by atoms with Gasteiger partial charge in [0.05, 0.1) is 12.2 Å². The fourth-order valence-corrected chi connectivity index (χ4v) is 5.26. The molecule has 8 nitrogen and oxygen atoms in total. The van der Waals surface area contributed by atoms with Gasteiger partial charge < -0.3 is 25.2 Å². The summed E-state index contributed by atoms with van der Waals surface area (Å²) in [6.07, 6.45) is 1.66. The third kappa shape index (κ3) is 4.41. The molecule has 5 rings (SSSR count). The van der Waals surface area contributed by atoms with Crippen molar-refractivity contribution >= 4 is 45.8 Å². The van der Waals surface area contributed by atoms with Crippen LogP contribution in [0.1, 0.15) is 28.4 Å². The van der Waals surface area contributed by atoms with E-state index in [1.165, 1.54) is 0 Å². The van der Waals surface area contributed by atoms with Crippen LogP contribution < -0.4 is 15.4 Å². The fourth-order valence-electron chi connectivity index (χ4n) is 4.77. The molecule has 2 N–H and O–H groups in total. The average molecular weight is 597 g/mol. The fraction of sp³-hybridized carbons (Fsp3) is 0.296. The highest BCUT2D eigenvalue weighted by molar-refractivity contribution is 14.1. The highest BCUT2D eigenvalue weighted by Gasteiger charge is 2.50. The SMILES string of the molecule is CCOc1ncccc1C1(Nc2ccc(C(=O)N3CCN(C)CC3)cc2)C(=O)Nc2ccc(I)cc21. The van der Waals surface area contributed by atoms with Gasteiger partial charge in [0, 0.05) is 58.4 Å². The maximum Gasteiger partial charge on any atom is 0.259 e. The zero-order valence-electron chi connectivity index (χ0n) is 20.3. The van der Waals surface area contributed by atoms with Crippen molar-refractivity contribution in [3.05, 3.63) is 81.1 Å². The summed E-state index contributed by atoms with van der Waals surface area (Å²) in [6.45, 7) is 5.48. The molecule has 2 aliphatic rings. The number of carbonyl (C=O) groups is 2. The zero-order valence-corrected chi connectivity index (χ0v) is 22.4. The van der Waals surface area contributed by atoms with Gasteiger partial charge in [-0.25, -0.2) is 4.98 Å². The summed E-state index contributed by atoms with van der Waals surface area (Å²) in [5.41, 5.74) is 2.24. The van der Waals surface area contributed by atoms with Crippen molar-refractivity contribution in [1.29, 1.82) is 0 Å². The zero-order chi connectivity index (χ0) is 25.3. The molecule has 0 bridgehead atoms. The Morgan fingerprint density at radius 2 is 1.86 bits per heavy atom. The van der Waals surface area contributed by atoms with E-state index < -0.39 is 5.54 Å². The second kappa shape index (κ2) is 10.1. The number of fused-ring (bicyclic) bond motifs is 1. The number of anilines is 2. The van der Waals surface area contributed by atoms with Crippen LogP contribution in [0, 0.1) is 3.57 Å². The number of nitrogens with zero attached hydrogens (tertiary/aromatic N) is 3. The van der Waals surface area contributed by atoms with Crippen LogP contribution in [0.15, 0.2) is 60.8 Å². The topological polar surface area (TPSA) is 86.8 Å². The molecular weight excluding hydrogens is 569 g/mol. The monoisotopic (exact) mass is 597 g/mol. The third-order valence-electron chi connectivity index (χ3n) is 6.68. The van der Waals surface area contributed by atoms with E-state index in [2.05, 4.69) is 50.2 Å². The Labute approximate surface area is 224 Å². The first-order chi connectivity index (χ1) is 17.4. The van der Waals surface area contributed by atoms with Gasteiger partial charge in [0.15, 0.2) is 5.54 Å². The van der Waals surface area contributed by atoms with Crippen molar-refractivity contribution in [2.24, 2.45) is 0 Å². The number of likely N-dealkylation sites (N-methyl/N-ethyl adjacent to an activating group) is 1. The minimum Gasteiger partial charge on any atom is -0.478 e. The van der Waals surface area contributed by atoms with Gasteiger partial charge >= 0.3 is 0 Å². The lowest BCUT2D eigenvalue weighted by Gasteiger charge is -2.33. The van der Waals surface area contributed by atoms with Gasteiger partial charge in [0.25, 0.3) is 11.8 Å². The lowest BCUT2D eigenvalue weighted by molar-refractivity contribution is -0.118. The number of amides is 2. The van der Waals surface area contributed by atoms with E-state index in [1.54, 1.807) is 12.3 Å². The van der Waals surface area contributed by atoms with Crippen molar-refractivity contribution in [3.63, 3.8) is 0 Å². The van der Waals surface area contributed by atoms with E-state index in [1.807, 2.05) is 60.4 Å². The number of nitrogens with one attached hydrogen (secondary N) is 2. The van der Waals surface area contributed by atoms with Crippen molar-refractivity contribution in [3.8, 4) is 5.88 Å². The number of hydrogen-bond acceptors (Lipinski definition) is 6. The van der Waals surface area contributed by atoms with Gasteiger partial charge in [0.2, 0.25) is 5.88 Å². The van der Waals surface area contributed by atoms with Gasteiger partial charge in [-0.3, -0.25) is 9.59 Å². The molecule has 1 fully saturated rings. The molecule has 1 atom stereocenters. The standard InChI is InChI=1S/C27H28IN5O3/c1-3-36-24-21(5-4-12-29-24)27(22-17-19(28)8-11-23(22)30-26(27)35)31-20-9-6-18(7-10-20)25(34)33-15-13-32(2)14-16-33/h4-12,17,31H,3,13-16H2,1-2H3,(H,30,35). The van der Waals surface area contributed by atoms with Crippen LogP contribution in [-0.4, -0.2) is 66.4 Å². The number of carbonyl (C=O) groups excluding carboxylic acids is 2. The van der Waals surface area contributed by atoms with Crippen LogP contribution in [0.4, 0.5) is 11.4 Å². The average Bonchev–Trinajstić information content (AvgIpc) is 3.16. The summed E-state index contributed by atoms with van der Waals surface area (Å²) in [7, 11) is 2.07. The summed E-state index contributed by atoms with van der Waals surface area (Å²) < 4.78 is 6.85. The first-order valence-electron chi connectivity index (χ1n) is 12.0. The molecule has 36 heavy (non-hydrogen) atoms. The number of halogens is 1. The van der Waals surface area contributed by atoms with Gasteiger partial charge in [-0.15, -0.1) is 0 Å². The second-order valence-electron chi connectivity index (χ2n) is 8.98. The summed E-state index contributed by atoms with van der Waals surface area (Å²) >= 11 is 2.25.